The van der Waals surface area contributed by atoms with E-state index in [0.29, 0.717) is 56.4 Å². The SMILES string of the molecule is CC(S)CCC(=O)NCC(C)Oc1ccc(-c2cnc(N)c(C(=O)Nc3cnccc3N3CCOCC3)n2)cc1. The predicted molar refractivity (Wildman–Crippen MR) is 158 cm³/mol. The van der Waals surface area contributed by atoms with Gasteiger partial charge >= 0.3 is 0 Å². The van der Waals surface area contributed by atoms with Crippen molar-refractivity contribution in [3.8, 4) is 17.0 Å². The molecule has 0 aliphatic carbocycles. The van der Waals surface area contributed by atoms with E-state index < -0.39 is 5.91 Å². The number of aromatic nitrogens is 3. The highest BCUT2D eigenvalue weighted by Gasteiger charge is 2.20. The lowest BCUT2D eigenvalue weighted by Crippen LogP contribution is -2.36. The molecule has 3 heterocycles. The van der Waals surface area contributed by atoms with Crippen molar-refractivity contribution in [2.45, 2.75) is 38.0 Å². The van der Waals surface area contributed by atoms with Gasteiger partial charge in [-0.05, 0) is 48.9 Å². The lowest BCUT2D eigenvalue weighted by molar-refractivity contribution is -0.121. The van der Waals surface area contributed by atoms with Crippen molar-refractivity contribution in [2.24, 2.45) is 0 Å². The first-order valence-electron chi connectivity index (χ1n) is 13.2. The zero-order chi connectivity index (χ0) is 28.5. The number of hydrogen-bond acceptors (Lipinski definition) is 10. The normalized spacial score (nSPS) is 14.7. The molecule has 3 aromatic rings. The topological polar surface area (TPSA) is 145 Å². The number of carbonyl (C=O) groups is 2. The molecular formula is C28H35N7O4S. The van der Waals surface area contributed by atoms with Gasteiger partial charge in [-0.25, -0.2) is 9.97 Å². The van der Waals surface area contributed by atoms with Crippen LogP contribution in [0.15, 0.2) is 48.9 Å². The van der Waals surface area contributed by atoms with Crippen molar-refractivity contribution >= 4 is 41.6 Å². The van der Waals surface area contributed by atoms with Crippen LogP contribution < -0.4 is 26.0 Å². The molecule has 2 unspecified atom stereocenters. The Hall–Kier alpha value is -3.90. The molecule has 0 saturated carbocycles. The maximum absolute atomic E-state index is 13.2. The summed E-state index contributed by atoms with van der Waals surface area (Å²) in [6, 6.07) is 9.12. The Labute approximate surface area is 239 Å². The van der Waals surface area contributed by atoms with Crippen molar-refractivity contribution in [3.63, 3.8) is 0 Å². The van der Waals surface area contributed by atoms with Crippen molar-refractivity contribution < 1.29 is 19.1 Å². The average molecular weight is 566 g/mol. The Morgan fingerprint density at radius 3 is 2.62 bits per heavy atom. The second-order valence-electron chi connectivity index (χ2n) is 9.58. The second-order valence-corrected chi connectivity index (χ2v) is 10.5. The third-order valence-electron chi connectivity index (χ3n) is 6.28. The van der Waals surface area contributed by atoms with Gasteiger partial charge in [0.15, 0.2) is 11.5 Å². The summed E-state index contributed by atoms with van der Waals surface area (Å²) < 4.78 is 11.4. The first-order valence-corrected chi connectivity index (χ1v) is 13.7. The second kappa shape index (κ2) is 13.9. The smallest absolute Gasteiger partial charge is 0.278 e. The molecule has 0 bridgehead atoms. The Morgan fingerprint density at radius 1 is 1.15 bits per heavy atom. The zero-order valence-corrected chi connectivity index (χ0v) is 23.6. The molecule has 1 fully saturated rings. The third kappa shape index (κ3) is 8.06. The molecule has 0 radical (unpaired) electrons. The number of nitrogen functional groups attached to an aromatic ring is 1. The van der Waals surface area contributed by atoms with Gasteiger partial charge in [0.25, 0.3) is 5.91 Å². The van der Waals surface area contributed by atoms with E-state index in [9.17, 15) is 9.59 Å². The molecule has 212 valence electrons. The number of ether oxygens (including phenoxy) is 2. The van der Waals surface area contributed by atoms with E-state index >= 15 is 0 Å². The van der Waals surface area contributed by atoms with E-state index in [1.165, 1.54) is 6.20 Å². The number of carbonyl (C=O) groups excluding carboxylic acids is 2. The van der Waals surface area contributed by atoms with E-state index in [1.54, 1.807) is 24.5 Å². The fourth-order valence-electron chi connectivity index (χ4n) is 4.11. The molecule has 2 atom stereocenters. The number of anilines is 3. The van der Waals surface area contributed by atoms with Crippen molar-refractivity contribution in [1.82, 2.24) is 20.3 Å². The summed E-state index contributed by atoms with van der Waals surface area (Å²) in [5, 5.41) is 5.95. The van der Waals surface area contributed by atoms with Gasteiger partial charge in [-0.2, -0.15) is 12.6 Å². The Bertz CT molecular complexity index is 1300. The number of amides is 2. The van der Waals surface area contributed by atoms with E-state index in [-0.39, 0.29) is 28.8 Å². The van der Waals surface area contributed by atoms with Gasteiger partial charge in [0.1, 0.15) is 11.9 Å². The van der Waals surface area contributed by atoms with Gasteiger partial charge in [-0.15, -0.1) is 0 Å². The number of benzene rings is 1. The molecule has 11 nitrogen and oxygen atoms in total. The maximum atomic E-state index is 13.2. The predicted octanol–water partition coefficient (Wildman–Crippen LogP) is 3.19. The molecule has 1 aliphatic heterocycles. The van der Waals surface area contributed by atoms with Crippen molar-refractivity contribution in [1.29, 1.82) is 0 Å². The number of pyridine rings is 1. The van der Waals surface area contributed by atoms with Gasteiger partial charge in [0.2, 0.25) is 5.91 Å². The molecule has 0 spiro atoms. The monoisotopic (exact) mass is 565 g/mol. The van der Waals surface area contributed by atoms with Crippen LogP contribution in [-0.4, -0.2) is 71.0 Å². The molecule has 1 saturated heterocycles. The summed E-state index contributed by atoms with van der Waals surface area (Å²) in [6.45, 7) is 6.91. The molecule has 40 heavy (non-hydrogen) atoms. The van der Waals surface area contributed by atoms with Gasteiger partial charge in [-0.1, -0.05) is 6.92 Å². The van der Waals surface area contributed by atoms with Crippen molar-refractivity contribution in [3.05, 3.63) is 54.6 Å². The van der Waals surface area contributed by atoms with Crippen LogP contribution in [0.5, 0.6) is 5.75 Å². The fraction of sp³-hybridized carbons (Fsp3) is 0.393. The Kier molecular flexibility index (Phi) is 10.1. The van der Waals surface area contributed by atoms with Crippen LogP contribution in [0.3, 0.4) is 0 Å². The molecular weight excluding hydrogens is 530 g/mol. The van der Waals surface area contributed by atoms with Gasteiger partial charge in [-0.3, -0.25) is 14.6 Å². The van der Waals surface area contributed by atoms with E-state index in [1.807, 2.05) is 32.0 Å². The minimum absolute atomic E-state index is 0.0192. The third-order valence-corrected chi connectivity index (χ3v) is 6.54. The Balaban J connectivity index is 1.39. The molecule has 2 aromatic heterocycles. The van der Waals surface area contributed by atoms with Crippen LogP contribution in [0.25, 0.3) is 11.3 Å². The summed E-state index contributed by atoms with van der Waals surface area (Å²) in [7, 11) is 0. The highest BCUT2D eigenvalue weighted by molar-refractivity contribution is 7.80. The van der Waals surface area contributed by atoms with Crippen molar-refractivity contribution in [2.75, 3.05) is 48.8 Å². The minimum Gasteiger partial charge on any atom is -0.489 e. The maximum Gasteiger partial charge on any atom is 0.278 e. The Morgan fingerprint density at radius 2 is 1.90 bits per heavy atom. The lowest BCUT2D eigenvalue weighted by atomic mass is 10.1. The number of morpholine rings is 1. The fourth-order valence-corrected chi connectivity index (χ4v) is 4.24. The van der Waals surface area contributed by atoms with Crippen LogP contribution in [0.1, 0.15) is 37.2 Å². The van der Waals surface area contributed by atoms with E-state index in [4.69, 9.17) is 15.2 Å². The highest BCUT2D eigenvalue weighted by atomic mass is 32.1. The number of hydrogen-bond donors (Lipinski definition) is 4. The van der Waals surface area contributed by atoms with E-state index in [2.05, 4.69) is 43.1 Å². The molecule has 1 aromatic carbocycles. The molecule has 1 aliphatic rings. The number of nitrogens with two attached hydrogens (primary N) is 1. The average Bonchev–Trinajstić information content (AvgIpc) is 2.96. The van der Waals surface area contributed by atoms with Crippen LogP contribution in [-0.2, 0) is 9.53 Å². The van der Waals surface area contributed by atoms with Gasteiger partial charge < -0.3 is 30.7 Å². The molecule has 2 amide bonds. The standard InChI is InChI=1S/C28H35N7O4S/c1-18(15-31-25(36)8-3-19(2)40)39-21-6-4-20(5-7-21)22-17-32-27(29)26(33-22)28(37)34-23-16-30-10-9-24(23)35-11-13-38-14-12-35/h4-7,9-10,16-19,40H,3,8,11-15H2,1-2H3,(H2,29,32)(H,31,36)(H,34,37). The summed E-state index contributed by atoms with van der Waals surface area (Å²) in [6.07, 6.45) is 5.75. The molecule has 4 N–H and O–H groups in total. The first kappa shape index (κ1) is 29.1. The zero-order valence-electron chi connectivity index (χ0n) is 22.7. The van der Waals surface area contributed by atoms with E-state index in [0.717, 1.165) is 17.7 Å². The summed E-state index contributed by atoms with van der Waals surface area (Å²) in [5.74, 6) is 0.170. The van der Waals surface area contributed by atoms with Gasteiger partial charge in [0, 0.05) is 31.3 Å². The quantitative estimate of drug-likeness (QED) is 0.258. The highest BCUT2D eigenvalue weighted by Crippen LogP contribution is 2.27. The lowest BCUT2D eigenvalue weighted by Gasteiger charge is -2.30. The number of nitrogens with zero attached hydrogens (tertiary/aromatic N) is 4. The first-order chi connectivity index (χ1) is 19.3. The summed E-state index contributed by atoms with van der Waals surface area (Å²) in [4.78, 5) is 40.1. The van der Waals surface area contributed by atoms with Crippen LogP contribution in [0.4, 0.5) is 17.2 Å². The van der Waals surface area contributed by atoms with Crippen LogP contribution in [0, 0.1) is 0 Å². The van der Waals surface area contributed by atoms with Gasteiger partial charge in [0.05, 0.1) is 49.2 Å². The number of thiol groups is 1. The largest absolute Gasteiger partial charge is 0.489 e. The number of rotatable bonds is 11. The van der Waals surface area contributed by atoms with Crippen LogP contribution >= 0.6 is 12.6 Å². The molecule has 4 rings (SSSR count). The van der Waals surface area contributed by atoms with Crippen LogP contribution in [0.2, 0.25) is 0 Å². The molecule has 12 heteroatoms. The summed E-state index contributed by atoms with van der Waals surface area (Å²) in [5.41, 5.74) is 8.70. The number of nitrogens with one attached hydrogen (secondary N) is 2. The minimum atomic E-state index is -0.478. The summed E-state index contributed by atoms with van der Waals surface area (Å²) >= 11 is 4.30.